The van der Waals surface area contributed by atoms with Crippen molar-refractivity contribution in [2.75, 3.05) is 13.6 Å². The Morgan fingerprint density at radius 2 is 1.64 bits per heavy atom. The molecule has 4 heteroatoms. The van der Waals surface area contributed by atoms with E-state index in [0.29, 0.717) is 6.54 Å². The Morgan fingerprint density at radius 1 is 1.14 bits per heavy atom. The third kappa shape index (κ3) is 3.21. The number of carbonyl (C=O) groups excluding carboxylic acids is 2. The summed E-state index contributed by atoms with van der Waals surface area (Å²) < 4.78 is 0. The van der Waals surface area contributed by atoms with E-state index in [1.807, 2.05) is 6.92 Å². The molecule has 2 amide bonds. The molecule has 0 unspecified atom stereocenters. The van der Waals surface area contributed by atoms with Crippen LogP contribution in [0.25, 0.3) is 0 Å². The minimum atomic E-state index is -0.120. The maximum Gasteiger partial charge on any atom is 0.232 e. The van der Waals surface area contributed by atoms with E-state index < -0.39 is 0 Å². The first-order valence-corrected chi connectivity index (χ1v) is 8.54. The minimum absolute atomic E-state index is 0.000954. The van der Waals surface area contributed by atoms with E-state index in [1.165, 1.54) is 19.3 Å². The lowest BCUT2D eigenvalue weighted by Crippen LogP contribution is -2.60. The van der Waals surface area contributed by atoms with E-state index in [-0.39, 0.29) is 23.8 Å². The second kappa shape index (κ2) is 5.71. The Balaban J connectivity index is 1.56. The number of rotatable bonds is 5. The van der Waals surface area contributed by atoms with Gasteiger partial charge in [-0.2, -0.15) is 0 Å². The molecule has 22 heavy (non-hydrogen) atoms. The quantitative estimate of drug-likeness (QED) is 0.627. The Labute approximate surface area is 133 Å². The van der Waals surface area contributed by atoms with Crippen LogP contribution in [0.2, 0.25) is 0 Å². The summed E-state index contributed by atoms with van der Waals surface area (Å²) in [6.45, 7) is 6.21. The van der Waals surface area contributed by atoms with Gasteiger partial charge in [0, 0.05) is 19.1 Å². The number of hydrogen-bond acceptors (Lipinski definition) is 2. The van der Waals surface area contributed by atoms with E-state index in [4.69, 9.17) is 0 Å². The zero-order chi connectivity index (χ0) is 15.9. The molecule has 1 N–H and O–H groups in total. The van der Waals surface area contributed by atoms with Gasteiger partial charge in [0.2, 0.25) is 11.8 Å². The van der Waals surface area contributed by atoms with Gasteiger partial charge in [-0.15, -0.1) is 0 Å². The molecule has 4 bridgehead atoms. The molecule has 0 radical (unpaired) electrons. The zero-order valence-corrected chi connectivity index (χ0v) is 13.9. The standard InChI is InChI=1S/C18H28N2O2/c1-12(2)11-20(3)17(22)7-16(21)19-18-8-13-4-14(9-18)6-15(5-13)10-18/h13-15H,1,4-11H2,2-3H3,(H,19,21). The molecule has 0 aromatic rings. The predicted molar refractivity (Wildman–Crippen MR) is 86.1 cm³/mol. The van der Waals surface area contributed by atoms with Crippen LogP contribution in [0.15, 0.2) is 12.2 Å². The minimum Gasteiger partial charge on any atom is -0.350 e. The fourth-order valence-corrected chi connectivity index (χ4v) is 5.37. The van der Waals surface area contributed by atoms with Crippen LogP contribution < -0.4 is 5.32 Å². The molecule has 0 saturated heterocycles. The lowest BCUT2D eigenvalue weighted by Gasteiger charge is -2.56. The van der Waals surface area contributed by atoms with Gasteiger partial charge in [0.1, 0.15) is 6.42 Å². The van der Waals surface area contributed by atoms with Crippen molar-refractivity contribution in [3.05, 3.63) is 12.2 Å². The molecular weight excluding hydrogens is 276 g/mol. The molecule has 4 aliphatic rings. The summed E-state index contributed by atoms with van der Waals surface area (Å²) in [5.41, 5.74) is 0.927. The summed E-state index contributed by atoms with van der Waals surface area (Å²) in [6, 6.07) is 0. The van der Waals surface area contributed by atoms with Gasteiger partial charge in [0.05, 0.1) is 0 Å². The van der Waals surface area contributed by atoms with Gasteiger partial charge in [-0.25, -0.2) is 0 Å². The fourth-order valence-electron chi connectivity index (χ4n) is 5.37. The van der Waals surface area contributed by atoms with E-state index in [0.717, 1.165) is 42.6 Å². The monoisotopic (exact) mass is 304 g/mol. The Kier molecular flexibility index (Phi) is 4.04. The molecule has 0 aliphatic heterocycles. The summed E-state index contributed by atoms with van der Waals surface area (Å²) in [7, 11) is 1.73. The van der Waals surface area contributed by atoms with Crippen LogP contribution in [0.4, 0.5) is 0 Å². The molecule has 0 spiro atoms. The second-order valence-electron chi connectivity index (χ2n) is 8.13. The molecule has 4 saturated carbocycles. The van der Waals surface area contributed by atoms with Crippen LogP contribution in [0.1, 0.15) is 51.9 Å². The van der Waals surface area contributed by atoms with Crippen LogP contribution in [-0.2, 0) is 9.59 Å². The van der Waals surface area contributed by atoms with Crippen LogP contribution in [0.3, 0.4) is 0 Å². The summed E-state index contributed by atoms with van der Waals surface area (Å²) in [4.78, 5) is 26.0. The van der Waals surface area contributed by atoms with Gasteiger partial charge in [-0.05, 0) is 63.2 Å². The highest BCUT2D eigenvalue weighted by Gasteiger charge is 2.51. The summed E-state index contributed by atoms with van der Waals surface area (Å²) >= 11 is 0. The predicted octanol–water partition coefficient (Wildman–Crippen LogP) is 2.50. The zero-order valence-electron chi connectivity index (χ0n) is 13.9. The molecular formula is C18H28N2O2. The van der Waals surface area contributed by atoms with Crippen molar-refractivity contribution >= 4 is 11.8 Å². The SMILES string of the molecule is C=C(C)CN(C)C(=O)CC(=O)NC12CC3CC(CC(C3)C1)C2. The first kappa shape index (κ1) is 15.6. The maximum absolute atomic E-state index is 12.3. The van der Waals surface area contributed by atoms with Crippen molar-refractivity contribution in [3.63, 3.8) is 0 Å². The third-order valence-electron chi connectivity index (χ3n) is 5.69. The number of likely N-dealkylation sites (N-methyl/N-ethyl adjacent to an activating group) is 1. The maximum atomic E-state index is 12.3. The highest BCUT2D eigenvalue weighted by molar-refractivity contribution is 5.97. The second-order valence-corrected chi connectivity index (χ2v) is 8.13. The molecule has 122 valence electrons. The van der Waals surface area contributed by atoms with Gasteiger partial charge in [0.25, 0.3) is 0 Å². The Bertz CT molecular complexity index is 462. The number of nitrogens with one attached hydrogen (secondary N) is 1. The average Bonchev–Trinajstić information content (AvgIpc) is 2.34. The molecule has 0 atom stereocenters. The first-order valence-electron chi connectivity index (χ1n) is 8.54. The van der Waals surface area contributed by atoms with Crippen LogP contribution in [0, 0.1) is 17.8 Å². The fraction of sp³-hybridized carbons (Fsp3) is 0.778. The lowest BCUT2D eigenvalue weighted by atomic mass is 9.53. The molecule has 4 fully saturated rings. The van der Waals surface area contributed by atoms with Crippen LogP contribution in [-0.4, -0.2) is 35.8 Å². The highest BCUT2D eigenvalue weighted by atomic mass is 16.2. The normalized spacial score (nSPS) is 35.3. The Morgan fingerprint density at radius 3 is 2.09 bits per heavy atom. The van der Waals surface area contributed by atoms with E-state index in [9.17, 15) is 9.59 Å². The van der Waals surface area contributed by atoms with E-state index in [2.05, 4.69) is 11.9 Å². The van der Waals surface area contributed by atoms with Crippen LogP contribution >= 0.6 is 0 Å². The molecule has 4 aliphatic carbocycles. The molecule has 0 aromatic heterocycles. The average molecular weight is 304 g/mol. The van der Waals surface area contributed by atoms with Gasteiger partial charge < -0.3 is 10.2 Å². The largest absolute Gasteiger partial charge is 0.350 e. The van der Waals surface area contributed by atoms with Crippen molar-refractivity contribution < 1.29 is 9.59 Å². The van der Waals surface area contributed by atoms with E-state index >= 15 is 0 Å². The molecule has 0 aromatic carbocycles. The molecule has 0 heterocycles. The van der Waals surface area contributed by atoms with Crippen molar-refractivity contribution in [1.82, 2.24) is 10.2 Å². The van der Waals surface area contributed by atoms with Gasteiger partial charge in [-0.3, -0.25) is 9.59 Å². The molecule has 4 nitrogen and oxygen atoms in total. The van der Waals surface area contributed by atoms with Gasteiger partial charge >= 0.3 is 0 Å². The number of carbonyl (C=O) groups is 2. The topological polar surface area (TPSA) is 49.4 Å². The number of hydrogen-bond donors (Lipinski definition) is 1. The van der Waals surface area contributed by atoms with Gasteiger partial charge in [-0.1, -0.05) is 12.2 Å². The van der Waals surface area contributed by atoms with E-state index in [1.54, 1.807) is 11.9 Å². The van der Waals surface area contributed by atoms with Gasteiger partial charge in [0.15, 0.2) is 0 Å². The highest BCUT2D eigenvalue weighted by Crippen LogP contribution is 2.55. The summed E-state index contributed by atoms with van der Waals surface area (Å²) in [5, 5.41) is 3.25. The summed E-state index contributed by atoms with van der Waals surface area (Å²) in [5.74, 6) is 2.18. The third-order valence-corrected chi connectivity index (χ3v) is 5.69. The lowest BCUT2D eigenvalue weighted by molar-refractivity contribution is -0.137. The first-order chi connectivity index (χ1) is 10.3. The molecule has 4 rings (SSSR count). The summed E-state index contributed by atoms with van der Waals surface area (Å²) in [6.07, 6.45) is 7.41. The van der Waals surface area contributed by atoms with Crippen LogP contribution in [0.5, 0.6) is 0 Å². The Hall–Kier alpha value is -1.32. The van der Waals surface area contributed by atoms with Crippen molar-refractivity contribution in [2.45, 2.75) is 57.4 Å². The smallest absolute Gasteiger partial charge is 0.232 e. The van der Waals surface area contributed by atoms with Crippen molar-refractivity contribution in [1.29, 1.82) is 0 Å². The van der Waals surface area contributed by atoms with Crippen molar-refractivity contribution in [3.8, 4) is 0 Å². The number of amides is 2. The van der Waals surface area contributed by atoms with Crippen molar-refractivity contribution in [2.24, 2.45) is 17.8 Å². The number of nitrogens with zero attached hydrogens (tertiary/aromatic N) is 1.